The normalized spacial score (nSPS) is 18.2. The van der Waals surface area contributed by atoms with Crippen molar-refractivity contribution < 1.29 is 5.11 Å². The number of hydrogen-bond acceptors (Lipinski definition) is 2. The SMILES string of the molecule is CC1=CCN(c2ccccc2[C@H](C)O)CC1. The van der Waals surface area contributed by atoms with Gasteiger partial charge in [0.1, 0.15) is 0 Å². The molecule has 1 aromatic rings. The predicted molar refractivity (Wildman–Crippen MR) is 67.7 cm³/mol. The van der Waals surface area contributed by atoms with Crippen molar-refractivity contribution in [3.8, 4) is 0 Å². The molecule has 1 aliphatic rings. The lowest BCUT2D eigenvalue weighted by molar-refractivity contribution is 0.199. The minimum Gasteiger partial charge on any atom is -0.389 e. The molecule has 0 bridgehead atoms. The minimum atomic E-state index is -0.400. The molecule has 2 nitrogen and oxygen atoms in total. The van der Waals surface area contributed by atoms with E-state index in [1.54, 1.807) is 0 Å². The molecule has 86 valence electrons. The topological polar surface area (TPSA) is 23.5 Å². The summed E-state index contributed by atoms with van der Waals surface area (Å²) in [4.78, 5) is 2.33. The summed E-state index contributed by atoms with van der Waals surface area (Å²) in [5.41, 5.74) is 3.66. The molecule has 0 amide bonds. The van der Waals surface area contributed by atoms with E-state index in [-0.39, 0.29) is 0 Å². The number of benzene rings is 1. The van der Waals surface area contributed by atoms with Gasteiger partial charge in [0.05, 0.1) is 6.10 Å². The first-order valence-electron chi connectivity index (χ1n) is 5.86. The number of aliphatic hydroxyl groups is 1. The van der Waals surface area contributed by atoms with Crippen LogP contribution in [0.1, 0.15) is 31.9 Å². The Kier molecular flexibility index (Phi) is 3.30. The van der Waals surface area contributed by atoms with E-state index in [0.29, 0.717) is 0 Å². The second-order valence-electron chi connectivity index (χ2n) is 4.48. The lowest BCUT2D eigenvalue weighted by Crippen LogP contribution is -2.29. The zero-order valence-corrected chi connectivity index (χ0v) is 9.98. The van der Waals surface area contributed by atoms with Gasteiger partial charge in [-0.1, -0.05) is 29.8 Å². The Morgan fingerprint density at radius 1 is 1.31 bits per heavy atom. The van der Waals surface area contributed by atoms with Gasteiger partial charge in [0, 0.05) is 24.3 Å². The van der Waals surface area contributed by atoms with E-state index < -0.39 is 6.10 Å². The van der Waals surface area contributed by atoms with Gasteiger partial charge in [-0.25, -0.2) is 0 Å². The maximum absolute atomic E-state index is 9.75. The lowest BCUT2D eigenvalue weighted by atomic mass is 10.0. The summed E-state index contributed by atoms with van der Waals surface area (Å²) in [6, 6.07) is 8.12. The van der Waals surface area contributed by atoms with Crippen LogP contribution < -0.4 is 4.90 Å². The zero-order valence-electron chi connectivity index (χ0n) is 9.98. The van der Waals surface area contributed by atoms with Crippen LogP contribution in [-0.4, -0.2) is 18.2 Å². The van der Waals surface area contributed by atoms with Crippen molar-refractivity contribution in [2.45, 2.75) is 26.4 Å². The largest absolute Gasteiger partial charge is 0.389 e. The molecule has 1 aromatic carbocycles. The van der Waals surface area contributed by atoms with Gasteiger partial charge in [0.25, 0.3) is 0 Å². The number of para-hydroxylation sites is 1. The van der Waals surface area contributed by atoms with Gasteiger partial charge in [0.2, 0.25) is 0 Å². The third-order valence-corrected chi connectivity index (χ3v) is 3.16. The number of nitrogens with zero attached hydrogens (tertiary/aromatic N) is 1. The third-order valence-electron chi connectivity index (χ3n) is 3.16. The van der Waals surface area contributed by atoms with Crippen molar-refractivity contribution in [2.24, 2.45) is 0 Å². The molecule has 1 N–H and O–H groups in total. The van der Waals surface area contributed by atoms with E-state index in [1.165, 1.54) is 11.3 Å². The Morgan fingerprint density at radius 3 is 2.69 bits per heavy atom. The highest BCUT2D eigenvalue weighted by Crippen LogP contribution is 2.28. The summed E-state index contributed by atoms with van der Waals surface area (Å²) >= 11 is 0. The molecule has 2 rings (SSSR count). The highest BCUT2D eigenvalue weighted by Gasteiger charge is 2.15. The Bertz CT molecular complexity index is 395. The molecule has 0 saturated carbocycles. The van der Waals surface area contributed by atoms with Gasteiger partial charge < -0.3 is 10.0 Å². The summed E-state index contributed by atoms with van der Waals surface area (Å²) in [7, 11) is 0. The van der Waals surface area contributed by atoms with Crippen molar-refractivity contribution >= 4 is 5.69 Å². The van der Waals surface area contributed by atoms with Gasteiger partial charge in [-0.05, 0) is 26.3 Å². The smallest absolute Gasteiger partial charge is 0.0781 e. The van der Waals surface area contributed by atoms with Crippen molar-refractivity contribution in [3.63, 3.8) is 0 Å². The molecule has 1 atom stereocenters. The molecular weight excluding hydrogens is 198 g/mol. The molecule has 1 heterocycles. The van der Waals surface area contributed by atoms with E-state index >= 15 is 0 Å². The van der Waals surface area contributed by atoms with Crippen molar-refractivity contribution in [3.05, 3.63) is 41.5 Å². The summed E-state index contributed by atoms with van der Waals surface area (Å²) in [6.07, 6.45) is 2.99. The fourth-order valence-electron chi connectivity index (χ4n) is 2.12. The van der Waals surface area contributed by atoms with Gasteiger partial charge >= 0.3 is 0 Å². The fourth-order valence-corrected chi connectivity index (χ4v) is 2.12. The third kappa shape index (κ3) is 2.27. The van der Waals surface area contributed by atoms with Gasteiger partial charge in [-0.2, -0.15) is 0 Å². The average Bonchev–Trinajstić information content (AvgIpc) is 2.30. The van der Waals surface area contributed by atoms with E-state index in [0.717, 1.165) is 25.1 Å². The van der Waals surface area contributed by atoms with Crippen LogP contribution in [0.3, 0.4) is 0 Å². The molecule has 2 heteroatoms. The van der Waals surface area contributed by atoms with E-state index in [1.807, 2.05) is 25.1 Å². The first kappa shape index (κ1) is 11.2. The monoisotopic (exact) mass is 217 g/mol. The van der Waals surface area contributed by atoms with Crippen molar-refractivity contribution in [1.29, 1.82) is 0 Å². The van der Waals surface area contributed by atoms with Gasteiger partial charge in [-0.15, -0.1) is 0 Å². The van der Waals surface area contributed by atoms with Crippen LogP contribution in [0.2, 0.25) is 0 Å². The Morgan fingerprint density at radius 2 is 2.06 bits per heavy atom. The maximum atomic E-state index is 9.75. The summed E-state index contributed by atoms with van der Waals surface area (Å²) < 4.78 is 0. The Balaban J connectivity index is 2.27. The molecule has 0 spiro atoms. The summed E-state index contributed by atoms with van der Waals surface area (Å²) in [5, 5.41) is 9.75. The molecule has 0 fully saturated rings. The Labute approximate surface area is 97.2 Å². The van der Waals surface area contributed by atoms with Crippen LogP contribution in [-0.2, 0) is 0 Å². The standard InChI is InChI=1S/C14H19NO/c1-11-7-9-15(10-8-11)14-6-4-3-5-13(14)12(2)16/h3-7,12,16H,8-10H2,1-2H3/t12-/m0/s1. The van der Waals surface area contributed by atoms with Crippen LogP contribution in [0.25, 0.3) is 0 Å². The molecule has 0 aromatic heterocycles. The molecule has 1 aliphatic heterocycles. The van der Waals surface area contributed by atoms with Crippen molar-refractivity contribution in [1.82, 2.24) is 0 Å². The molecule has 0 saturated heterocycles. The van der Waals surface area contributed by atoms with Gasteiger partial charge in [0.15, 0.2) is 0 Å². The fraction of sp³-hybridized carbons (Fsp3) is 0.429. The lowest BCUT2D eigenvalue weighted by Gasteiger charge is -2.30. The highest BCUT2D eigenvalue weighted by atomic mass is 16.3. The van der Waals surface area contributed by atoms with Crippen LogP contribution in [0.5, 0.6) is 0 Å². The highest BCUT2D eigenvalue weighted by molar-refractivity contribution is 5.55. The predicted octanol–water partition coefficient (Wildman–Crippen LogP) is 2.90. The first-order chi connectivity index (χ1) is 7.68. The number of rotatable bonds is 2. The number of hydrogen-bond donors (Lipinski definition) is 1. The van der Waals surface area contributed by atoms with Crippen molar-refractivity contribution in [2.75, 3.05) is 18.0 Å². The maximum Gasteiger partial charge on any atom is 0.0781 e. The second kappa shape index (κ2) is 4.71. The molecule has 0 radical (unpaired) electrons. The van der Waals surface area contributed by atoms with E-state index in [9.17, 15) is 5.11 Å². The average molecular weight is 217 g/mol. The summed E-state index contributed by atoms with van der Waals surface area (Å²) in [5.74, 6) is 0. The molecular formula is C14H19NO. The van der Waals surface area contributed by atoms with Crippen LogP contribution >= 0.6 is 0 Å². The van der Waals surface area contributed by atoms with E-state index in [2.05, 4.69) is 24.0 Å². The number of aliphatic hydroxyl groups excluding tert-OH is 1. The first-order valence-corrected chi connectivity index (χ1v) is 5.86. The molecule has 16 heavy (non-hydrogen) atoms. The van der Waals surface area contributed by atoms with Crippen LogP contribution in [0, 0.1) is 0 Å². The van der Waals surface area contributed by atoms with E-state index in [4.69, 9.17) is 0 Å². The second-order valence-corrected chi connectivity index (χ2v) is 4.48. The quantitative estimate of drug-likeness (QED) is 0.770. The minimum absolute atomic E-state index is 0.400. The van der Waals surface area contributed by atoms with Crippen LogP contribution in [0.4, 0.5) is 5.69 Å². The number of anilines is 1. The Hall–Kier alpha value is -1.28. The summed E-state index contributed by atoms with van der Waals surface area (Å²) in [6.45, 7) is 6.00. The zero-order chi connectivity index (χ0) is 11.5. The van der Waals surface area contributed by atoms with Gasteiger partial charge in [-0.3, -0.25) is 0 Å². The molecule has 0 unspecified atom stereocenters. The molecule has 0 aliphatic carbocycles. The van der Waals surface area contributed by atoms with Crippen LogP contribution in [0.15, 0.2) is 35.9 Å².